The van der Waals surface area contributed by atoms with Gasteiger partial charge < -0.3 is 15.2 Å². The third kappa shape index (κ3) is 2.03. The van der Waals surface area contributed by atoms with Gasteiger partial charge >= 0.3 is 0 Å². The van der Waals surface area contributed by atoms with Crippen molar-refractivity contribution < 1.29 is 13.9 Å². The van der Waals surface area contributed by atoms with Crippen molar-refractivity contribution in [2.24, 2.45) is 16.6 Å². The molecule has 0 radical (unpaired) electrons. The summed E-state index contributed by atoms with van der Waals surface area (Å²) in [4.78, 5) is 4.38. The number of halogens is 2. The molecule has 3 atom stereocenters. The molecule has 0 saturated heterocycles. The first kappa shape index (κ1) is 12.9. The number of hydrogen-bond acceptors (Lipinski definition) is 4. The van der Waals surface area contributed by atoms with E-state index in [-0.39, 0.29) is 30.5 Å². The Morgan fingerprint density at radius 1 is 1.63 bits per heavy atom. The highest BCUT2D eigenvalue weighted by atomic mass is 79.9. The second-order valence-corrected chi connectivity index (χ2v) is 5.85. The van der Waals surface area contributed by atoms with Gasteiger partial charge in [-0.1, -0.05) is 15.9 Å². The van der Waals surface area contributed by atoms with Gasteiger partial charge in [0.15, 0.2) is 0 Å². The molecule has 1 saturated carbocycles. The van der Waals surface area contributed by atoms with Crippen molar-refractivity contribution in [1.82, 2.24) is 0 Å². The minimum atomic E-state index is -0.782. The molecule has 19 heavy (non-hydrogen) atoms. The van der Waals surface area contributed by atoms with E-state index in [1.54, 1.807) is 19.2 Å². The molecule has 1 unspecified atom stereocenters. The van der Waals surface area contributed by atoms with Crippen LogP contribution in [0.15, 0.2) is 27.7 Å². The molecule has 0 spiro atoms. The third-order valence-corrected chi connectivity index (χ3v) is 4.18. The second-order valence-electron chi connectivity index (χ2n) is 4.93. The van der Waals surface area contributed by atoms with E-state index in [0.29, 0.717) is 5.56 Å². The molecule has 0 amide bonds. The normalized spacial score (nSPS) is 32.3. The van der Waals surface area contributed by atoms with Gasteiger partial charge in [0.1, 0.15) is 17.5 Å². The zero-order valence-electron chi connectivity index (χ0n) is 10.4. The number of methoxy groups -OCH3 is 1. The molecule has 6 heteroatoms. The number of nitrogens with zero attached hydrogens (tertiary/aromatic N) is 1. The van der Waals surface area contributed by atoms with Crippen LogP contribution in [0.3, 0.4) is 0 Å². The lowest BCUT2D eigenvalue weighted by molar-refractivity contribution is 0.0897. The van der Waals surface area contributed by atoms with Gasteiger partial charge in [0, 0.05) is 23.1 Å². The van der Waals surface area contributed by atoms with Gasteiger partial charge in [0.2, 0.25) is 0 Å². The molecule has 0 bridgehead atoms. The first-order valence-corrected chi connectivity index (χ1v) is 6.82. The van der Waals surface area contributed by atoms with Gasteiger partial charge in [0.25, 0.3) is 6.02 Å². The molecule has 3 rings (SSSR count). The van der Waals surface area contributed by atoms with Crippen LogP contribution in [-0.2, 0) is 15.0 Å². The highest BCUT2D eigenvalue weighted by molar-refractivity contribution is 9.10. The standard InChI is InChI=1S/C13H14BrFN2O2/c1-18-6-13(8-4-7(14)2-3-10(8)15)9-5-11(9)19-12(16)17-13/h2-4,9,11H,5-6H2,1H3,(H2,16,17)/t9-,11?,13+/m0/s1. The van der Waals surface area contributed by atoms with E-state index in [0.717, 1.165) is 10.9 Å². The van der Waals surface area contributed by atoms with E-state index in [1.807, 2.05) is 0 Å². The number of nitrogens with two attached hydrogens (primary N) is 1. The Bertz CT molecular complexity index is 551. The van der Waals surface area contributed by atoms with Crippen LogP contribution in [0.5, 0.6) is 0 Å². The molecule has 4 nitrogen and oxygen atoms in total. The van der Waals surface area contributed by atoms with Crippen molar-refractivity contribution in [2.75, 3.05) is 13.7 Å². The Morgan fingerprint density at radius 3 is 3.16 bits per heavy atom. The fourth-order valence-electron chi connectivity index (χ4n) is 2.79. The number of hydrogen-bond donors (Lipinski definition) is 1. The van der Waals surface area contributed by atoms with Gasteiger partial charge in [-0.05, 0) is 24.6 Å². The maximum absolute atomic E-state index is 14.2. The number of fused-ring (bicyclic) bond motifs is 1. The molecular weight excluding hydrogens is 315 g/mol. The quantitative estimate of drug-likeness (QED) is 0.925. The summed E-state index contributed by atoms with van der Waals surface area (Å²) in [6.07, 6.45) is 0.838. The van der Waals surface area contributed by atoms with E-state index in [1.165, 1.54) is 6.07 Å². The molecule has 1 fully saturated rings. The minimum Gasteiger partial charge on any atom is -0.462 e. The van der Waals surface area contributed by atoms with Gasteiger partial charge in [-0.2, -0.15) is 0 Å². The summed E-state index contributed by atoms with van der Waals surface area (Å²) in [5.41, 5.74) is 5.44. The molecule has 1 aliphatic heterocycles. The second kappa shape index (κ2) is 4.45. The van der Waals surface area contributed by atoms with Crippen LogP contribution in [0.2, 0.25) is 0 Å². The number of ether oxygens (including phenoxy) is 2. The summed E-state index contributed by atoms with van der Waals surface area (Å²) in [5, 5.41) is 0. The summed E-state index contributed by atoms with van der Waals surface area (Å²) in [6.45, 7) is 0.283. The molecule has 1 aromatic carbocycles. The van der Waals surface area contributed by atoms with E-state index >= 15 is 0 Å². The van der Waals surface area contributed by atoms with E-state index < -0.39 is 5.54 Å². The lowest BCUT2D eigenvalue weighted by atomic mass is 9.85. The van der Waals surface area contributed by atoms with Gasteiger partial charge in [-0.3, -0.25) is 0 Å². The predicted octanol–water partition coefficient (Wildman–Crippen LogP) is 2.16. The Morgan fingerprint density at radius 2 is 2.42 bits per heavy atom. The Kier molecular flexibility index (Phi) is 3.02. The first-order chi connectivity index (χ1) is 9.06. The van der Waals surface area contributed by atoms with Crippen LogP contribution in [0, 0.1) is 11.7 Å². The van der Waals surface area contributed by atoms with Gasteiger partial charge in [-0.15, -0.1) is 0 Å². The van der Waals surface area contributed by atoms with Crippen molar-refractivity contribution in [2.45, 2.75) is 18.1 Å². The number of rotatable bonds is 3. The minimum absolute atomic E-state index is 0.0195. The average Bonchev–Trinajstić information content (AvgIpc) is 3.12. The average molecular weight is 329 g/mol. The fourth-order valence-corrected chi connectivity index (χ4v) is 3.15. The first-order valence-electron chi connectivity index (χ1n) is 6.03. The molecule has 2 aliphatic rings. The fraction of sp³-hybridized carbons (Fsp3) is 0.462. The highest BCUT2D eigenvalue weighted by Gasteiger charge is 2.59. The number of aliphatic imine (C=N–C) groups is 1. The lowest BCUT2D eigenvalue weighted by Crippen LogP contribution is -2.41. The van der Waals surface area contributed by atoms with Crippen LogP contribution >= 0.6 is 15.9 Å². The Labute approximate surface area is 118 Å². The number of benzene rings is 1. The summed E-state index contributed by atoms with van der Waals surface area (Å²) in [6, 6.07) is 4.94. The maximum Gasteiger partial charge on any atom is 0.283 e. The smallest absolute Gasteiger partial charge is 0.283 e. The summed E-state index contributed by atoms with van der Waals surface area (Å²) >= 11 is 3.37. The monoisotopic (exact) mass is 328 g/mol. The van der Waals surface area contributed by atoms with Crippen molar-refractivity contribution in [3.8, 4) is 0 Å². The Hall–Kier alpha value is -1.14. The molecule has 1 aliphatic carbocycles. The van der Waals surface area contributed by atoms with Crippen LogP contribution in [-0.4, -0.2) is 25.8 Å². The Balaban J connectivity index is 2.15. The maximum atomic E-state index is 14.2. The van der Waals surface area contributed by atoms with Gasteiger partial charge in [-0.25, -0.2) is 9.38 Å². The van der Waals surface area contributed by atoms with E-state index in [9.17, 15) is 4.39 Å². The molecule has 0 aromatic heterocycles. The lowest BCUT2D eigenvalue weighted by Gasteiger charge is -2.33. The van der Waals surface area contributed by atoms with Crippen molar-refractivity contribution >= 4 is 22.0 Å². The summed E-state index contributed by atoms with van der Waals surface area (Å²) < 4.78 is 25.7. The topological polar surface area (TPSA) is 56.8 Å². The SMILES string of the molecule is COC[C@]1(c2cc(Br)ccc2F)N=C(N)OC2C[C@@H]21. The van der Waals surface area contributed by atoms with Crippen molar-refractivity contribution in [1.29, 1.82) is 0 Å². The van der Waals surface area contributed by atoms with E-state index in [4.69, 9.17) is 15.2 Å². The molecule has 102 valence electrons. The molecular formula is C13H14BrFN2O2. The van der Waals surface area contributed by atoms with E-state index in [2.05, 4.69) is 20.9 Å². The molecule has 2 N–H and O–H groups in total. The zero-order chi connectivity index (χ0) is 13.6. The van der Waals surface area contributed by atoms with Gasteiger partial charge in [0.05, 0.1) is 6.61 Å². The largest absolute Gasteiger partial charge is 0.462 e. The zero-order valence-corrected chi connectivity index (χ0v) is 12.0. The third-order valence-electron chi connectivity index (χ3n) is 3.69. The highest BCUT2D eigenvalue weighted by Crippen LogP contribution is 2.53. The number of amidine groups is 1. The molecule has 1 aromatic rings. The van der Waals surface area contributed by atoms with Crippen LogP contribution in [0.4, 0.5) is 4.39 Å². The summed E-state index contributed by atoms with van der Waals surface area (Å²) in [7, 11) is 1.58. The van der Waals surface area contributed by atoms with Crippen molar-refractivity contribution in [3.63, 3.8) is 0 Å². The van der Waals surface area contributed by atoms with Crippen LogP contribution in [0.1, 0.15) is 12.0 Å². The van der Waals surface area contributed by atoms with Crippen LogP contribution in [0.25, 0.3) is 0 Å². The predicted molar refractivity (Wildman–Crippen MR) is 72.3 cm³/mol. The van der Waals surface area contributed by atoms with Crippen LogP contribution < -0.4 is 5.73 Å². The van der Waals surface area contributed by atoms with Crippen molar-refractivity contribution in [3.05, 3.63) is 34.1 Å². The molecule has 1 heterocycles. The summed E-state index contributed by atoms with van der Waals surface area (Å²) in [5.74, 6) is -0.187.